The molecule has 0 unspecified atom stereocenters. The van der Waals surface area contributed by atoms with Crippen molar-refractivity contribution in [1.82, 2.24) is 14.8 Å². The number of rotatable bonds is 2. The third kappa shape index (κ3) is 2.55. The van der Waals surface area contributed by atoms with Crippen LogP contribution < -0.4 is 0 Å². The minimum atomic E-state index is 0.168. The lowest BCUT2D eigenvalue weighted by Crippen LogP contribution is -2.47. The van der Waals surface area contributed by atoms with E-state index in [4.69, 9.17) is 0 Å². The molecule has 3 heterocycles. The fourth-order valence-electron chi connectivity index (χ4n) is 4.38. The number of carbonyl (C=O) groups is 1. The first-order chi connectivity index (χ1) is 11.1. The third-order valence-electron chi connectivity index (χ3n) is 5.59. The monoisotopic (exact) mass is 311 g/mol. The van der Waals surface area contributed by atoms with E-state index in [0.717, 1.165) is 42.5 Å². The maximum absolute atomic E-state index is 13.1. The molecule has 0 aliphatic carbocycles. The van der Waals surface area contributed by atoms with Gasteiger partial charge in [0.15, 0.2) is 0 Å². The van der Waals surface area contributed by atoms with Crippen molar-refractivity contribution >= 4 is 16.8 Å². The first-order valence-electron chi connectivity index (χ1n) is 8.74. The first-order valence-corrected chi connectivity index (χ1v) is 8.74. The molecule has 4 rings (SSSR count). The summed E-state index contributed by atoms with van der Waals surface area (Å²) in [6.45, 7) is 4.13. The number of likely N-dealkylation sites (tertiary alicyclic amines) is 2. The Kier molecular flexibility index (Phi) is 3.64. The van der Waals surface area contributed by atoms with E-state index in [1.165, 1.54) is 18.4 Å². The van der Waals surface area contributed by atoms with Gasteiger partial charge in [0, 0.05) is 29.5 Å². The number of nitrogens with one attached hydrogen (secondary N) is 1. The highest BCUT2D eigenvalue weighted by atomic mass is 16.2. The molecule has 0 saturated carbocycles. The Hall–Kier alpha value is -1.81. The topological polar surface area (TPSA) is 39.3 Å². The Bertz CT molecular complexity index is 735. The van der Waals surface area contributed by atoms with Crippen molar-refractivity contribution in [3.8, 4) is 0 Å². The van der Waals surface area contributed by atoms with Gasteiger partial charge in [0.1, 0.15) is 5.69 Å². The van der Waals surface area contributed by atoms with E-state index in [9.17, 15) is 4.79 Å². The van der Waals surface area contributed by atoms with Gasteiger partial charge in [-0.05, 0) is 63.9 Å². The molecular formula is C19H25N3O. The molecular weight excluding hydrogens is 286 g/mol. The summed E-state index contributed by atoms with van der Waals surface area (Å²) in [6.07, 6.45) is 4.74. The molecule has 23 heavy (non-hydrogen) atoms. The summed E-state index contributed by atoms with van der Waals surface area (Å²) in [6, 6.07) is 9.21. The van der Waals surface area contributed by atoms with E-state index in [-0.39, 0.29) is 5.91 Å². The summed E-state index contributed by atoms with van der Waals surface area (Å²) in [5, 5.41) is 1.12. The molecule has 1 N–H and O–H groups in total. The molecule has 0 radical (unpaired) electrons. The Labute approximate surface area is 137 Å². The number of hydrogen-bond donors (Lipinski definition) is 1. The third-order valence-corrected chi connectivity index (χ3v) is 5.59. The van der Waals surface area contributed by atoms with Gasteiger partial charge in [0.05, 0.1) is 0 Å². The molecule has 2 aliphatic rings. The standard InChI is InChI=1S/C19H25N3O/c1-13-7-8-14-12-16(20-15(14)11-13)19(23)22-10-4-6-18(22)17-5-3-9-21(17)2/h7-8,11-12,17-18,20H,3-6,9-10H2,1-2H3/t17-,18+/m0/s1. The number of H-pyrrole nitrogens is 1. The SMILES string of the molecule is Cc1ccc2cc(C(=O)N3CCC[C@@H]3[C@@H]3CCCN3C)[nH]c2c1. The van der Waals surface area contributed by atoms with Gasteiger partial charge in [-0.15, -0.1) is 0 Å². The van der Waals surface area contributed by atoms with Gasteiger partial charge in [-0.2, -0.15) is 0 Å². The lowest BCUT2D eigenvalue weighted by molar-refractivity contribution is 0.0659. The van der Waals surface area contributed by atoms with Gasteiger partial charge < -0.3 is 14.8 Å². The number of nitrogens with zero attached hydrogens (tertiary/aromatic N) is 2. The maximum atomic E-state index is 13.1. The van der Waals surface area contributed by atoms with Crippen LogP contribution in [0, 0.1) is 6.92 Å². The molecule has 1 aromatic carbocycles. The van der Waals surface area contributed by atoms with E-state index >= 15 is 0 Å². The highest BCUT2D eigenvalue weighted by Gasteiger charge is 2.38. The highest BCUT2D eigenvalue weighted by molar-refractivity contribution is 5.98. The quantitative estimate of drug-likeness (QED) is 0.925. The van der Waals surface area contributed by atoms with Crippen LogP contribution in [-0.4, -0.2) is 52.9 Å². The number of benzene rings is 1. The van der Waals surface area contributed by atoms with Crippen LogP contribution in [0.1, 0.15) is 41.7 Å². The summed E-state index contributed by atoms with van der Waals surface area (Å²) in [4.78, 5) is 20.9. The second-order valence-electron chi connectivity index (χ2n) is 7.17. The number of carbonyl (C=O) groups excluding carboxylic acids is 1. The van der Waals surface area contributed by atoms with E-state index in [0.29, 0.717) is 12.1 Å². The maximum Gasteiger partial charge on any atom is 0.270 e. The Morgan fingerprint density at radius 2 is 1.91 bits per heavy atom. The Morgan fingerprint density at radius 3 is 2.70 bits per heavy atom. The predicted octanol–water partition coefficient (Wildman–Crippen LogP) is 3.18. The van der Waals surface area contributed by atoms with Crippen LogP contribution in [0.3, 0.4) is 0 Å². The average molecular weight is 311 g/mol. The number of aromatic amines is 1. The van der Waals surface area contributed by atoms with Crippen LogP contribution in [0.25, 0.3) is 10.9 Å². The zero-order valence-corrected chi connectivity index (χ0v) is 14.0. The fraction of sp³-hybridized carbons (Fsp3) is 0.526. The lowest BCUT2D eigenvalue weighted by atomic mass is 10.0. The van der Waals surface area contributed by atoms with Crippen LogP contribution in [0.15, 0.2) is 24.3 Å². The highest BCUT2D eigenvalue weighted by Crippen LogP contribution is 2.30. The Balaban J connectivity index is 1.61. The molecule has 4 nitrogen and oxygen atoms in total. The van der Waals surface area contributed by atoms with Crippen molar-refractivity contribution in [2.75, 3.05) is 20.1 Å². The van der Waals surface area contributed by atoms with Crippen LogP contribution in [-0.2, 0) is 0 Å². The zero-order valence-electron chi connectivity index (χ0n) is 14.0. The van der Waals surface area contributed by atoms with Crippen LogP contribution >= 0.6 is 0 Å². The van der Waals surface area contributed by atoms with Crippen molar-refractivity contribution in [3.05, 3.63) is 35.5 Å². The summed E-state index contributed by atoms with van der Waals surface area (Å²) in [5.74, 6) is 0.168. The van der Waals surface area contributed by atoms with Gasteiger partial charge in [0.2, 0.25) is 0 Å². The van der Waals surface area contributed by atoms with E-state index in [1.54, 1.807) is 0 Å². The number of aromatic nitrogens is 1. The van der Waals surface area contributed by atoms with Crippen molar-refractivity contribution in [1.29, 1.82) is 0 Å². The minimum Gasteiger partial charge on any atom is -0.351 e. The zero-order chi connectivity index (χ0) is 16.0. The van der Waals surface area contributed by atoms with Crippen molar-refractivity contribution in [3.63, 3.8) is 0 Å². The molecule has 2 aromatic rings. The number of hydrogen-bond acceptors (Lipinski definition) is 2. The molecule has 2 aliphatic heterocycles. The van der Waals surface area contributed by atoms with E-state index in [2.05, 4.69) is 47.0 Å². The molecule has 2 fully saturated rings. The molecule has 0 bridgehead atoms. The van der Waals surface area contributed by atoms with E-state index in [1.807, 2.05) is 6.07 Å². The molecule has 2 saturated heterocycles. The van der Waals surface area contributed by atoms with Gasteiger partial charge in [-0.1, -0.05) is 12.1 Å². The minimum absolute atomic E-state index is 0.168. The van der Waals surface area contributed by atoms with Crippen molar-refractivity contribution in [2.24, 2.45) is 0 Å². The van der Waals surface area contributed by atoms with Crippen molar-refractivity contribution < 1.29 is 4.79 Å². The molecule has 0 spiro atoms. The van der Waals surface area contributed by atoms with Gasteiger partial charge in [-0.3, -0.25) is 4.79 Å². The summed E-state index contributed by atoms with van der Waals surface area (Å²) in [7, 11) is 2.20. The van der Waals surface area contributed by atoms with Gasteiger partial charge in [-0.25, -0.2) is 0 Å². The summed E-state index contributed by atoms with van der Waals surface area (Å²) >= 11 is 0. The van der Waals surface area contributed by atoms with Gasteiger partial charge >= 0.3 is 0 Å². The van der Waals surface area contributed by atoms with Gasteiger partial charge in [0.25, 0.3) is 5.91 Å². The smallest absolute Gasteiger partial charge is 0.270 e. The number of likely N-dealkylation sites (N-methyl/N-ethyl adjacent to an activating group) is 1. The van der Waals surface area contributed by atoms with Crippen LogP contribution in [0.2, 0.25) is 0 Å². The van der Waals surface area contributed by atoms with E-state index < -0.39 is 0 Å². The van der Waals surface area contributed by atoms with Crippen LogP contribution in [0.5, 0.6) is 0 Å². The lowest BCUT2D eigenvalue weighted by Gasteiger charge is -2.33. The molecule has 122 valence electrons. The predicted molar refractivity (Wildman–Crippen MR) is 92.7 cm³/mol. The van der Waals surface area contributed by atoms with Crippen molar-refractivity contribution in [2.45, 2.75) is 44.7 Å². The molecule has 1 aromatic heterocycles. The molecule has 4 heteroatoms. The fourth-order valence-corrected chi connectivity index (χ4v) is 4.38. The Morgan fingerprint density at radius 1 is 1.13 bits per heavy atom. The molecule has 2 atom stereocenters. The largest absolute Gasteiger partial charge is 0.351 e. The normalized spacial score (nSPS) is 25.6. The van der Waals surface area contributed by atoms with Crippen LogP contribution in [0.4, 0.5) is 0 Å². The summed E-state index contributed by atoms with van der Waals surface area (Å²) < 4.78 is 0. The number of aryl methyl sites for hydroxylation is 1. The molecule has 1 amide bonds. The summed E-state index contributed by atoms with van der Waals surface area (Å²) in [5.41, 5.74) is 3.00. The second kappa shape index (κ2) is 5.68. The number of amides is 1. The average Bonchev–Trinajstić information content (AvgIpc) is 3.23. The first kappa shape index (κ1) is 14.8. The second-order valence-corrected chi connectivity index (χ2v) is 7.17. The number of fused-ring (bicyclic) bond motifs is 1.